The number of carbonyl (C=O) groups is 1. The van der Waals surface area contributed by atoms with Crippen LogP contribution in [0.1, 0.15) is 25.3 Å². The molecule has 0 atom stereocenters. The smallest absolute Gasteiger partial charge is 0.317 e. The van der Waals surface area contributed by atoms with Crippen molar-refractivity contribution in [2.45, 2.75) is 32.4 Å². The Bertz CT molecular complexity index is 468. The van der Waals surface area contributed by atoms with Crippen molar-refractivity contribution in [2.24, 2.45) is 0 Å². The third-order valence-corrected chi connectivity index (χ3v) is 4.20. The van der Waals surface area contributed by atoms with Crippen molar-refractivity contribution in [2.75, 3.05) is 25.0 Å². The number of carbonyl (C=O) groups excluding carboxylic acids is 1. The Morgan fingerprint density at radius 2 is 2.21 bits per heavy atom. The average molecular weight is 260 g/mol. The summed E-state index contributed by atoms with van der Waals surface area (Å²) in [5, 5.41) is 2.94. The van der Waals surface area contributed by atoms with Gasteiger partial charge in [0, 0.05) is 31.9 Å². The second kappa shape index (κ2) is 5.17. The minimum absolute atomic E-state index is 0.0236. The summed E-state index contributed by atoms with van der Waals surface area (Å²) >= 11 is 0. The normalized spacial score (nSPS) is 21.1. The maximum absolute atomic E-state index is 12.2. The Labute approximate surface area is 113 Å². The zero-order valence-electron chi connectivity index (χ0n) is 11.3. The predicted molar refractivity (Wildman–Crippen MR) is 73.9 cm³/mol. The monoisotopic (exact) mass is 260 g/mol. The van der Waals surface area contributed by atoms with Crippen LogP contribution in [-0.4, -0.2) is 46.5 Å². The first-order valence-corrected chi connectivity index (χ1v) is 7.01. The van der Waals surface area contributed by atoms with Crippen LogP contribution < -0.4 is 5.32 Å². The summed E-state index contributed by atoms with van der Waals surface area (Å²) in [7, 11) is 0. The Kier molecular flexibility index (Phi) is 3.38. The van der Waals surface area contributed by atoms with Gasteiger partial charge in [-0.05, 0) is 31.0 Å². The second-order valence-electron chi connectivity index (χ2n) is 5.26. The Morgan fingerprint density at radius 1 is 1.42 bits per heavy atom. The van der Waals surface area contributed by atoms with Gasteiger partial charge in [-0.25, -0.2) is 4.79 Å². The SMILES string of the molecule is CCN1CCC(N2Cc3ccncc3NC2=O)CC1. The number of fused-ring (bicyclic) bond motifs is 1. The number of hydrogen-bond acceptors (Lipinski definition) is 3. The quantitative estimate of drug-likeness (QED) is 0.883. The molecule has 1 aromatic rings. The van der Waals surface area contributed by atoms with Crippen molar-refractivity contribution in [1.29, 1.82) is 0 Å². The standard InChI is InChI=1S/C14H20N4O/c1-2-17-7-4-12(5-8-17)18-10-11-3-6-15-9-13(11)16-14(18)19/h3,6,9,12H,2,4-5,7-8,10H2,1H3,(H,16,19). The molecule has 3 heterocycles. The fraction of sp³-hybridized carbons (Fsp3) is 0.571. The van der Waals surface area contributed by atoms with E-state index in [1.54, 1.807) is 12.4 Å². The van der Waals surface area contributed by atoms with Crippen LogP contribution in [0.2, 0.25) is 0 Å². The summed E-state index contributed by atoms with van der Waals surface area (Å²) < 4.78 is 0. The number of nitrogens with one attached hydrogen (secondary N) is 1. The molecule has 1 aromatic heterocycles. The number of hydrogen-bond donors (Lipinski definition) is 1. The summed E-state index contributed by atoms with van der Waals surface area (Å²) in [6.45, 7) is 6.19. The van der Waals surface area contributed by atoms with Gasteiger partial charge in [0.15, 0.2) is 0 Å². The second-order valence-corrected chi connectivity index (χ2v) is 5.26. The summed E-state index contributed by atoms with van der Waals surface area (Å²) in [5.74, 6) is 0. The van der Waals surface area contributed by atoms with Gasteiger partial charge in [-0.2, -0.15) is 0 Å². The third kappa shape index (κ3) is 2.42. The van der Waals surface area contributed by atoms with E-state index in [2.05, 4.69) is 22.1 Å². The van der Waals surface area contributed by atoms with Gasteiger partial charge in [-0.3, -0.25) is 4.98 Å². The zero-order valence-corrected chi connectivity index (χ0v) is 11.3. The molecule has 0 unspecified atom stereocenters. The van der Waals surface area contributed by atoms with E-state index in [-0.39, 0.29) is 6.03 Å². The lowest BCUT2D eigenvalue weighted by atomic mass is 10.0. The van der Waals surface area contributed by atoms with Crippen LogP contribution >= 0.6 is 0 Å². The van der Waals surface area contributed by atoms with E-state index >= 15 is 0 Å². The highest BCUT2D eigenvalue weighted by atomic mass is 16.2. The highest BCUT2D eigenvalue weighted by Crippen LogP contribution is 2.26. The maximum atomic E-state index is 12.2. The number of nitrogens with zero attached hydrogens (tertiary/aromatic N) is 3. The lowest BCUT2D eigenvalue weighted by molar-refractivity contribution is 0.124. The van der Waals surface area contributed by atoms with Gasteiger partial charge in [-0.1, -0.05) is 6.92 Å². The Hall–Kier alpha value is -1.62. The molecule has 0 aliphatic carbocycles. The molecule has 0 bridgehead atoms. The van der Waals surface area contributed by atoms with Crippen LogP contribution in [-0.2, 0) is 6.54 Å². The zero-order chi connectivity index (χ0) is 13.2. The molecule has 19 heavy (non-hydrogen) atoms. The lowest BCUT2D eigenvalue weighted by Gasteiger charge is -2.40. The molecule has 0 saturated carbocycles. The lowest BCUT2D eigenvalue weighted by Crippen LogP contribution is -2.50. The molecule has 2 aliphatic rings. The molecule has 0 aromatic carbocycles. The highest BCUT2D eigenvalue weighted by molar-refractivity contribution is 5.92. The first-order chi connectivity index (χ1) is 9.28. The van der Waals surface area contributed by atoms with Crippen LogP contribution in [0.25, 0.3) is 0 Å². The van der Waals surface area contributed by atoms with Gasteiger partial charge >= 0.3 is 6.03 Å². The average Bonchev–Trinajstić information content (AvgIpc) is 2.47. The molecule has 0 radical (unpaired) electrons. The summed E-state index contributed by atoms with van der Waals surface area (Å²) in [6.07, 6.45) is 5.65. The Balaban J connectivity index is 1.71. The number of piperidine rings is 1. The Morgan fingerprint density at radius 3 is 2.95 bits per heavy atom. The molecular weight excluding hydrogens is 240 g/mol. The van der Waals surface area contributed by atoms with E-state index in [1.807, 2.05) is 11.0 Å². The van der Waals surface area contributed by atoms with Gasteiger partial charge in [0.1, 0.15) is 0 Å². The van der Waals surface area contributed by atoms with Crippen molar-refractivity contribution in [3.63, 3.8) is 0 Å². The molecule has 102 valence electrons. The third-order valence-electron chi connectivity index (χ3n) is 4.20. The minimum atomic E-state index is 0.0236. The van der Waals surface area contributed by atoms with Crippen molar-refractivity contribution in [3.8, 4) is 0 Å². The number of pyridine rings is 1. The molecular formula is C14H20N4O. The number of aromatic nitrogens is 1. The highest BCUT2D eigenvalue weighted by Gasteiger charge is 2.31. The van der Waals surface area contributed by atoms with Gasteiger partial charge in [0.2, 0.25) is 0 Å². The van der Waals surface area contributed by atoms with Crippen LogP contribution in [0.5, 0.6) is 0 Å². The van der Waals surface area contributed by atoms with Crippen LogP contribution in [0.15, 0.2) is 18.5 Å². The molecule has 1 fully saturated rings. The molecule has 5 nitrogen and oxygen atoms in total. The first-order valence-electron chi connectivity index (χ1n) is 7.01. The predicted octanol–water partition coefficient (Wildman–Crippen LogP) is 1.91. The van der Waals surface area contributed by atoms with Gasteiger partial charge in [0.05, 0.1) is 11.9 Å². The fourth-order valence-corrected chi connectivity index (χ4v) is 2.96. The van der Waals surface area contributed by atoms with Crippen molar-refractivity contribution in [3.05, 3.63) is 24.0 Å². The van der Waals surface area contributed by atoms with E-state index in [0.29, 0.717) is 12.6 Å². The summed E-state index contributed by atoms with van der Waals surface area (Å²) in [6, 6.07) is 2.38. The van der Waals surface area contributed by atoms with E-state index in [4.69, 9.17) is 0 Å². The molecule has 0 spiro atoms. The van der Waals surface area contributed by atoms with Crippen LogP contribution in [0, 0.1) is 0 Å². The van der Waals surface area contributed by atoms with Crippen LogP contribution in [0.4, 0.5) is 10.5 Å². The molecule has 1 N–H and O–H groups in total. The van der Waals surface area contributed by atoms with Crippen molar-refractivity contribution < 1.29 is 4.79 Å². The van der Waals surface area contributed by atoms with E-state index < -0.39 is 0 Å². The van der Waals surface area contributed by atoms with Crippen LogP contribution in [0.3, 0.4) is 0 Å². The molecule has 2 amide bonds. The van der Waals surface area contributed by atoms with Gasteiger partial charge < -0.3 is 15.1 Å². The summed E-state index contributed by atoms with van der Waals surface area (Å²) in [4.78, 5) is 20.7. The van der Waals surface area contributed by atoms with E-state index in [0.717, 1.165) is 43.7 Å². The van der Waals surface area contributed by atoms with Gasteiger partial charge in [-0.15, -0.1) is 0 Å². The maximum Gasteiger partial charge on any atom is 0.322 e. The van der Waals surface area contributed by atoms with Crippen molar-refractivity contribution >= 4 is 11.7 Å². The largest absolute Gasteiger partial charge is 0.322 e. The van der Waals surface area contributed by atoms with Crippen molar-refractivity contribution in [1.82, 2.24) is 14.8 Å². The number of rotatable bonds is 2. The number of amides is 2. The van der Waals surface area contributed by atoms with E-state index in [1.165, 1.54) is 0 Å². The number of urea groups is 1. The molecule has 2 aliphatic heterocycles. The molecule has 5 heteroatoms. The fourth-order valence-electron chi connectivity index (χ4n) is 2.96. The molecule has 1 saturated heterocycles. The number of anilines is 1. The topological polar surface area (TPSA) is 48.5 Å². The number of likely N-dealkylation sites (tertiary alicyclic amines) is 1. The van der Waals surface area contributed by atoms with Gasteiger partial charge in [0.25, 0.3) is 0 Å². The minimum Gasteiger partial charge on any atom is -0.317 e. The van der Waals surface area contributed by atoms with E-state index in [9.17, 15) is 4.79 Å². The first kappa shape index (κ1) is 12.4. The molecule has 3 rings (SSSR count). The summed E-state index contributed by atoms with van der Waals surface area (Å²) in [5.41, 5.74) is 2.02.